The predicted octanol–water partition coefficient (Wildman–Crippen LogP) is 2.30. The third-order valence-electron chi connectivity index (χ3n) is 3.79. The summed E-state index contributed by atoms with van der Waals surface area (Å²) >= 11 is 0. The first kappa shape index (κ1) is 13.6. The van der Waals surface area contributed by atoms with E-state index in [1.54, 1.807) is 19.1 Å². The molecular weight excluding hydrogens is 246 g/mol. The Bertz CT molecular complexity index is 480. The van der Waals surface area contributed by atoms with Crippen LogP contribution in [0.3, 0.4) is 0 Å². The maximum Gasteiger partial charge on any atom is 0.326 e. The van der Waals surface area contributed by atoms with Gasteiger partial charge in [0.25, 0.3) is 5.91 Å². The van der Waals surface area contributed by atoms with E-state index >= 15 is 0 Å². The van der Waals surface area contributed by atoms with Crippen LogP contribution in [-0.4, -0.2) is 34.5 Å². The van der Waals surface area contributed by atoms with Crippen LogP contribution in [0.15, 0.2) is 16.5 Å². The first-order valence-corrected chi connectivity index (χ1v) is 6.63. The molecule has 5 heteroatoms. The van der Waals surface area contributed by atoms with Crippen molar-refractivity contribution in [1.82, 2.24) is 4.90 Å². The van der Waals surface area contributed by atoms with E-state index in [0.29, 0.717) is 24.6 Å². The molecule has 104 valence electrons. The number of furan rings is 1. The molecule has 19 heavy (non-hydrogen) atoms. The average molecular weight is 265 g/mol. The van der Waals surface area contributed by atoms with Crippen LogP contribution in [0.4, 0.5) is 0 Å². The Labute approximate surface area is 112 Å². The minimum atomic E-state index is -0.935. The van der Waals surface area contributed by atoms with Crippen molar-refractivity contribution in [3.05, 3.63) is 23.7 Å². The predicted molar refractivity (Wildman–Crippen MR) is 68.9 cm³/mol. The fourth-order valence-electron chi connectivity index (χ4n) is 2.58. The Hall–Kier alpha value is -1.78. The van der Waals surface area contributed by atoms with E-state index in [1.807, 2.05) is 0 Å². The van der Waals surface area contributed by atoms with Gasteiger partial charge in [-0.25, -0.2) is 4.79 Å². The van der Waals surface area contributed by atoms with E-state index in [9.17, 15) is 14.7 Å². The zero-order chi connectivity index (χ0) is 14.0. The van der Waals surface area contributed by atoms with Crippen LogP contribution in [0.25, 0.3) is 0 Å². The minimum absolute atomic E-state index is 0.221. The normalized spacial score (nSPS) is 23.4. The Balaban J connectivity index is 2.17. The first-order valence-electron chi connectivity index (χ1n) is 6.63. The van der Waals surface area contributed by atoms with Crippen molar-refractivity contribution < 1.29 is 19.1 Å². The molecule has 5 nitrogen and oxygen atoms in total. The lowest BCUT2D eigenvalue weighted by molar-refractivity contribution is -0.144. The molecule has 1 aromatic heterocycles. The molecule has 2 heterocycles. The van der Waals surface area contributed by atoms with Crippen LogP contribution in [0.1, 0.15) is 42.5 Å². The Morgan fingerprint density at radius 3 is 2.74 bits per heavy atom. The zero-order valence-electron chi connectivity index (χ0n) is 11.3. The quantitative estimate of drug-likeness (QED) is 0.910. The summed E-state index contributed by atoms with van der Waals surface area (Å²) in [7, 11) is 0. The standard InChI is InChI=1S/C14H19NO4/c1-3-10-6-7-15(11(8-10)14(17)18)13(16)12-5-4-9(2)19-12/h4-5,10-11H,3,6-8H2,1-2H3,(H,17,18). The van der Waals surface area contributed by atoms with Crippen molar-refractivity contribution in [2.75, 3.05) is 6.54 Å². The van der Waals surface area contributed by atoms with Crippen LogP contribution in [0, 0.1) is 12.8 Å². The van der Waals surface area contributed by atoms with E-state index < -0.39 is 12.0 Å². The number of likely N-dealkylation sites (tertiary alicyclic amines) is 1. The number of piperidine rings is 1. The number of aryl methyl sites for hydroxylation is 1. The largest absolute Gasteiger partial charge is 0.480 e. The van der Waals surface area contributed by atoms with Gasteiger partial charge in [0.2, 0.25) is 0 Å². The molecule has 2 unspecified atom stereocenters. The molecule has 1 saturated heterocycles. The molecule has 1 aliphatic heterocycles. The second-order valence-corrected chi connectivity index (χ2v) is 5.06. The number of aliphatic carboxylic acids is 1. The molecule has 0 radical (unpaired) electrons. The van der Waals surface area contributed by atoms with Gasteiger partial charge in [0.05, 0.1) is 0 Å². The molecule has 0 bridgehead atoms. The Kier molecular flexibility index (Phi) is 3.93. The fourth-order valence-corrected chi connectivity index (χ4v) is 2.58. The summed E-state index contributed by atoms with van der Waals surface area (Å²) < 4.78 is 5.30. The second-order valence-electron chi connectivity index (χ2n) is 5.06. The summed E-state index contributed by atoms with van der Waals surface area (Å²) in [5, 5.41) is 9.30. The molecule has 0 aromatic carbocycles. The summed E-state index contributed by atoms with van der Waals surface area (Å²) in [6, 6.07) is 2.57. The number of carbonyl (C=O) groups excluding carboxylic acids is 1. The van der Waals surface area contributed by atoms with Gasteiger partial charge in [-0.1, -0.05) is 13.3 Å². The summed E-state index contributed by atoms with van der Waals surface area (Å²) in [4.78, 5) is 25.1. The number of carbonyl (C=O) groups is 2. The third kappa shape index (κ3) is 2.80. The highest BCUT2D eigenvalue weighted by Crippen LogP contribution is 2.27. The van der Waals surface area contributed by atoms with E-state index in [-0.39, 0.29) is 11.7 Å². The van der Waals surface area contributed by atoms with Crippen molar-refractivity contribution in [3.63, 3.8) is 0 Å². The van der Waals surface area contributed by atoms with Crippen LogP contribution in [0.2, 0.25) is 0 Å². The molecule has 0 spiro atoms. The number of amides is 1. The number of hydrogen-bond acceptors (Lipinski definition) is 3. The van der Waals surface area contributed by atoms with Gasteiger partial charge < -0.3 is 14.4 Å². The summed E-state index contributed by atoms with van der Waals surface area (Å²) in [6.45, 7) is 4.29. The molecule has 1 aliphatic rings. The molecule has 1 aromatic rings. The van der Waals surface area contributed by atoms with Crippen LogP contribution in [0.5, 0.6) is 0 Å². The lowest BCUT2D eigenvalue weighted by Crippen LogP contribution is -2.50. The first-order chi connectivity index (χ1) is 9.02. The lowest BCUT2D eigenvalue weighted by atomic mass is 9.88. The molecule has 1 N–H and O–H groups in total. The van der Waals surface area contributed by atoms with Crippen molar-refractivity contribution in [1.29, 1.82) is 0 Å². The smallest absolute Gasteiger partial charge is 0.326 e. The Morgan fingerprint density at radius 2 is 2.21 bits per heavy atom. The lowest BCUT2D eigenvalue weighted by Gasteiger charge is -2.36. The van der Waals surface area contributed by atoms with Gasteiger partial charge in [0, 0.05) is 6.54 Å². The molecule has 2 atom stereocenters. The maximum absolute atomic E-state index is 12.3. The van der Waals surface area contributed by atoms with Gasteiger partial charge in [-0.2, -0.15) is 0 Å². The van der Waals surface area contributed by atoms with Gasteiger partial charge in [-0.05, 0) is 37.8 Å². The van der Waals surface area contributed by atoms with Gasteiger partial charge in [-0.3, -0.25) is 4.79 Å². The summed E-state index contributed by atoms with van der Waals surface area (Å²) in [6.07, 6.45) is 2.33. The summed E-state index contributed by atoms with van der Waals surface area (Å²) in [5.41, 5.74) is 0. The maximum atomic E-state index is 12.3. The fraction of sp³-hybridized carbons (Fsp3) is 0.571. The molecular formula is C14H19NO4. The Morgan fingerprint density at radius 1 is 1.47 bits per heavy atom. The van der Waals surface area contributed by atoms with Crippen LogP contribution >= 0.6 is 0 Å². The number of nitrogens with zero attached hydrogens (tertiary/aromatic N) is 1. The van der Waals surface area contributed by atoms with Gasteiger partial charge in [0.15, 0.2) is 5.76 Å². The zero-order valence-corrected chi connectivity index (χ0v) is 11.3. The van der Waals surface area contributed by atoms with Gasteiger partial charge in [-0.15, -0.1) is 0 Å². The van der Waals surface area contributed by atoms with Gasteiger partial charge in [0.1, 0.15) is 11.8 Å². The van der Waals surface area contributed by atoms with E-state index in [4.69, 9.17) is 4.42 Å². The van der Waals surface area contributed by atoms with E-state index in [0.717, 1.165) is 12.8 Å². The molecule has 2 rings (SSSR count). The monoisotopic (exact) mass is 265 g/mol. The molecule has 1 fully saturated rings. The highest BCUT2D eigenvalue weighted by molar-refractivity contribution is 5.94. The second kappa shape index (κ2) is 5.47. The van der Waals surface area contributed by atoms with Crippen molar-refractivity contribution in [3.8, 4) is 0 Å². The minimum Gasteiger partial charge on any atom is -0.480 e. The number of rotatable bonds is 3. The molecule has 1 amide bonds. The highest BCUT2D eigenvalue weighted by Gasteiger charge is 2.36. The van der Waals surface area contributed by atoms with E-state index in [1.165, 1.54) is 4.90 Å². The van der Waals surface area contributed by atoms with Crippen LogP contribution in [-0.2, 0) is 4.79 Å². The molecule has 0 saturated carbocycles. The number of hydrogen-bond donors (Lipinski definition) is 1. The highest BCUT2D eigenvalue weighted by atomic mass is 16.4. The molecule has 0 aliphatic carbocycles. The third-order valence-corrected chi connectivity index (χ3v) is 3.79. The van der Waals surface area contributed by atoms with Crippen molar-refractivity contribution in [2.24, 2.45) is 5.92 Å². The summed E-state index contributed by atoms with van der Waals surface area (Å²) in [5.74, 6) is -0.00862. The number of carboxylic acids is 1. The average Bonchev–Trinajstić information content (AvgIpc) is 2.83. The van der Waals surface area contributed by atoms with Crippen molar-refractivity contribution in [2.45, 2.75) is 39.2 Å². The van der Waals surface area contributed by atoms with Crippen LogP contribution < -0.4 is 0 Å². The van der Waals surface area contributed by atoms with Gasteiger partial charge >= 0.3 is 5.97 Å². The SMILES string of the molecule is CCC1CCN(C(=O)c2ccc(C)o2)C(C(=O)O)C1. The number of carboxylic acid groups (broad SMARTS) is 1. The topological polar surface area (TPSA) is 70.8 Å². The van der Waals surface area contributed by atoms with Crippen molar-refractivity contribution >= 4 is 11.9 Å². The van der Waals surface area contributed by atoms with E-state index in [2.05, 4.69) is 6.92 Å².